The van der Waals surface area contributed by atoms with Crippen LogP contribution in [-0.2, 0) is 37.3 Å². The van der Waals surface area contributed by atoms with Crippen LogP contribution in [-0.4, -0.2) is 19.6 Å². The van der Waals surface area contributed by atoms with Gasteiger partial charge in [0.1, 0.15) is 11.6 Å². The first-order valence-corrected chi connectivity index (χ1v) is 24.8. The van der Waals surface area contributed by atoms with Crippen LogP contribution in [0.2, 0.25) is 0 Å². The van der Waals surface area contributed by atoms with Crippen LogP contribution in [0.15, 0.2) is 152 Å². The number of rotatable bonds is 9. The molecule has 0 bridgehead atoms. The van der Waals surface area contributed by atoms with Crippen molar-refractivity contribution in [1.29, 1.82) is 0 Å². The normalized spacial score (nSPS) is 13.7. The van der Waals surface area contributed by atoms with Crippen LogP contribution in [0.25, 0.3) is 83.9 Å². The Morgan fingerprint density at radius 1 is 0.556 bits per heavy atom. The van der Waals surface area contributed by atoms with E-state index in [4.69, 9.17) is 12.7 Å². The molecule has 0 amide bonds. The maximum Gasteiger partial charge on any atom is 0.148 e. The number of aryl methyl sites for hydroxylation is 1. The molecule has 0 fully saturated rings. The van der Waals surface area contributed by atoms with E-state index in [9.17, 15) is 9.22 Å². The van der Waals surface area contributed by atoms with Crippen LogP contribution < -0.4 is 0 Å². The number of imidazole rings is 1. The zero-order chi connectivity index (χ0) is 55.1. The van der Waals surface area contributed by atoms with E-state index in [2.05, 4.69) is 141 Å². The smallest absolute Gasteiger partial charge is 0.148 e. The van der Waals surface area contributed by atoms with Gasteiger partial charge in [-0.1, -0.05) is 204 Å². The number of para-hydroxylation sites is 1. The van der Waals surface area contributed by atoms with Gasteiger partial charge < -0.3 is 5.11 Å². The number of nitrogens with zero attached hydrogens (tertiary/aromatic N) is 3. The summed E-state index contributed by atoms with van der Waals surface area (Å²) in [6, 6.07) is 52.5. The second-order valence-corrected chi connectivity index (χ2v) is 22.7. The summed E-state index contributed by atoms with van der Waals surface area (Å²) in [5, 5.41) is 12.6. The zero-order valence-electron chi connectivity index (χ0n) is 49.0. The van der Waals surface area contributed by atoms with Gasteiger partial charge >= 0.3 is 0 Å². The van der Waals surface area contributed by atoms with E-state index in [-0.39, 0.29) is 43.2 Å². The topological polar surface area (TPSA) is 50.9 Å². The average molecular weight is 1130 g/mol. The van der Waals surface area contributed by atoms with Crippen molar-refractivity contribution in [3.05, 3.63) is 191 Å². The molecule has 9 aromatic rings. The predicted molar refractivity (Wildman–Crippen MR) is 301 cm³/mol. The van der Waals surface area contributed by atoms with E-state index in [1.54, 1.807) is 6.07 Å². The maximum atomic E-state index is 12.6. The minimum Gasteiger partial charge on any atom is -0.507 e. The monoisotopic (exact) mass is 1130 g/mol. The second kappa shape index (κ2) is 19.9. The summed E-state index contributed by atoms with van der Waals surface area (Å²) in [5.74, 6) is -1.47. The molecule has 4 nitrogen and oxygen atoms in total. The molecule has 0 aliphatic carbocycles. The zero-order valence-corrected chi connectivity index (χ0v) is 46.3. The number of benzene rings is 7. The molecule has 2 aromatic heterocycles. The molecule has 0 saturated carbocycles. The van der Waals surface area contributed by atoms with Crippen LogP contribution in [0, 0.1) is 12.9 Å². The summed E-state index contributed by atoms with van der Waals surface area (Å²) < 4.78 is 47.4. The van der Waals surface area contributed by atoms with Gasteiger partial charge in [0.25, 0.3) is 0 Å². The Kier molecular flexibility index (Phi) is 12.6. The third-order valence-electron chi connectivity index (χ3n) is 13.8. The van der Waals surface area contributed by atoms with Crippen LogP contribution >= 0.6 is 0 Å². The quantitative estimate of drug-likeness (QED) is 0.147. The van der Waals surface area contributed by atoms with Crippen LogP contribution in [0.5, 0.6) is 5.75 Å². The summed E-state index contributed by atoms with van der Waals surface area (Å²) in [6.07, 6.45) is 1.85. The van der Waals surface area contributed by atoms with Gasteiger partial charge in [-0.15, -0.1) is 29.3 Å². The number of phenols is 1. The van der Waals surface area contributed by atoms with Gasteiger partial charge in [0.05, 0.1) is 22.3 Å². The third kappa shape index (κ3) is 10.4. The first kappa shape index (κ1) is 45.5. The van der Waals surface area contributed by atoms with E-state index in [0.717, 1.165) is 78.0 Å². The van der Waals surface area contributed by atoms with Crippen molar-refractivity contribution in [2.45, 2.75) is 125 Å². The summed E-state index contributed by atoms with van der Waals surface area (Å²) in [5.41, 5.74) is 14.4. The number of pyridine rings is 1. The molecule has 370 valence electrons. The van der Waals surface area contributed by atoms with Gasteiger partial charge in [-0.05, 0) is 121 Å². The molecule has 0 aliphatic heterocycles. The van der Waals surface area contributed by atoms with E-state index in [1.807, 2.05) is 105 Å². The van der Waals surface area contributed by atoms with Crippen molar-refractivity contribution in [3.8, 4) is 78.6 Å². The number of fused-ring (bicyclic) bond motifs is 1. The molecule has 1 N–H and O–H groups in total. The summed E-state index contributed by atoms with van der Waals surface area (Å²) >= 11 is 0. The van der Waals surface area contributed by atoms with Crippen molar-refractivity contribution < 1.29 is 33.0 Å². The molecular weight excluding hydrogens is 1060 g/mol. The Morgan fingerprint density at radius 3 is 1.75 bits per heavy atom. The van der Waals surface area contributed by atoms with Crippen molar-refractivity contribution in [2.24, 2.45) is 0 Å². The summed E-state index contributed by atoms with van der Waals surface area (Å²) in [6.45, 7) is 23.9. The predicted octanol–water partition coefficient (Wildman–Crippen LogP) is 18.4. The fraction of sp³-hybridized carbons (Fsp3) is 0.284. The largest absolute Gasteiger partial charge is 0.507 e. The fourth-order valence-electron chi connectivity index (χ4n) is 9.36. The minimum absolute atomic E-state index is 0. The van der Waals surface area contributed by atoms with Gasteiger partial charge in [-0.2, -0.15) is 0 Å². The maximum absolute atomic E-state index is 12.6. The molecule has 72 heavy (non-hydrogen) atoms. The van der Waals surface area contributed by atoms with Gasteiger partial charge in [0.2, 0.25) is 0 Å². The molecule has 7 aromatic carbocycles. The number of hydrogen-bond donors (Lipinski definition) is 1. The van der Waals surface area contributed by atoms with Crippen LogP contribution in [0.1, 0.15) is 142 Å². The standard InChI is InChI=1S/C67H70N3O.Pt/c1-41(2)49-32-50(42(3)4)34-51(33-49)47-27-28-60(43(5)31-47)70-61-22-18-21-56(62(61)69-64(70)57-39-55(66(9,10)11)40-58(63(57)71)67(12,13)14)52-35-53(37-54(36-52)65(6,7)8)59-38-48(29-30-68-59)46-25-23-45(24-26-46)44-19-16-15-17-20-44;/h15-34,36-42,71H,1-14H3;/q-1;/i5D3,41D,42D;. The number of hydrogen-bond acceptors (Lipinski definition) is 3. The SMILES string of the molecule is [2H]C([2H])([2H])c1cc(-c2cc(C([2H])(C)C)cc(C([2H])(C)C)c2)ccc1-n1c(-c2cc(C(C)(C)C)cc(C(C)(C)C)c2O)nc2c(-c3[c-]c(-c4cc(-c5ccc(-c6ccccc6)cc5)ccn4)cc(C(C)(C)C)c3)cccc21.[Pt]. The molecule has 0 aliphatic rings. The molecule has 0 unspecified atom stereocenters. The number of phenolic OH excluding ortho intramolecular Hbond substituents is 1. The van der Waals surface area contributed by atoms with Gasteiger partial charge in [-0.25, -0.2) is 4.98 Å². The Balaban J connectivity index is 0.00000784. The summed E-state index contributed by atoms with van der Waals surface area (Å²) in [7, 11) is 0. The summed E-state index contributed by atoms with van der Waals surface area (Å²) in [4.78, 5) is 10.5. The Morgan fingerprint density at radius 2 is 1.14 bits per heavy atom. The van der Waals surface area contributed by atoms with Crippen molar-refractivity contribution in [3.63, 3.8) is 0 Å². The van der Waals surface area contributed by atoms with Crippen LogP contribution in [0.4, 0.5) is 0 Å². The molecule has 9 rings (SSSR count). The Labute approximate surface area is 451 Å². The first-order chi connectivity index (χ1) is 35.4. The second-order valence-electron chi connectivity index (χ2n) is 22.7. The van der Waals surface area contributed by atoms with E-state index < -0.39 is 24.1 Å². The molecule has 0 radical (unpaired) electrons. The Bertz CT molecular complexity index is 3620. The molecule has 0 saturated heterocycles. The molecule has 5 heteroatoms. The van der Waals surface area contributed by atoms with Gasteiger partial charge in [-0.3, -0.25) is 9.55 Å². The van der Waals surface area contributed by atoms with Crippen molar-refractivity contribution >= 4 is 11.0 Å². The molecular formula is C67H70N3OPt-. The number of aromatic hydroxyl groups is 1. The van der Waals surface area contributed by atoms with Crippen molar-refractivity contribution in [2.75, 3.05) is 0 Å². The molecule has 0 atom stereocenters. The third-order valence-corrected chi connectivity index (χ3v) is 13.8. The minimum atomic E-state index is -2.61. The average Bonchev–Trinajstić information content (AvgIpc) is 3.83. The van der Waals surface area contributed by atoms with E-state index in [0.29, 0.717) is 33.7 Å². The van der Waals surface area contributed by atoms with Crippen LogP contribution in [0.3, 0.4) is 0 Å². The van der Waals surface area contributed by atoms with Gasteiger partial charge in [0.15, 0.2) is 0 Å². The van der Waals surface area contributed by atoms with Crippen molar-refractivity contribution in [1.82, 2.24) is 14.5 Å². The fourth-order valence-corrected chi connectivity index (χ4v) is 9.36. The number of aromatic nitrogens is 3. The molecule has 0 spiro atoms. The first-order valence-electron chi connectivity index (χ1n) is 27.3. The molecule has 2 heterocycles. The van der Waals surface area contributed by atoms with E-state index in [1.165, 1.54) is 0 Å². The van der Waals surface area contributed by atoms with Gasteiger partial charge in [0, 0.05) is 45.4 Å². The van der Waals surface area contributed by atoms with E-state index >= 15 is 0 Å². The Hall–Kier alpha value is -6.35.